The zero-order chi connectivity index (χ0) is 51.7. The van der Waals surface area contributed by atoms with E-state index in [-0.39, 0.29) is 23.7 Å². The van der Waals surface area contributed by atoms with Crippen LogP contribution in [0, 0.1) is 0 Å². The number of anilines is 2. The Hall–Kier alpha value is -7.68. The molecule has 2 N–H and O–H groups in total. The van der Waals surface area contributed by atoms with E-state index in [9.17, 15) is 16.8 Å². The first kappa shape index (κ1) is 52.2. The van der Waals surface area contributed by atoms with Crippen molar-refractivity contribution in [3.8, 4) is 57.4 Å². The van der Waals surface area contributed by atoms with Crippen LogP contribution in [-0.4, -0.2) is 125 Å². The molecule has 8 rings (SSSR count). The third kappa shape index (κ3) is 11.3. The van der Waals surface area contributed by atoms with Gasteiger partial charge in [0.15, 0.2) is 23.0 Å². The first-order valence-corrected chi connectivity index (χ1v) is 25.2. The molecular formula is C44H46Cl2N16O8S2. The lowest BCUT2D eigenvalue weighted by Gasteiger charge is -2.21. The van der Waals surface area contributed by atoms with Gasteiger partial charge in [-0.3, -0.25) is 28.5 Å². The van der Waals surface area contributed by atoms with Crippen molar-refractivity contribution >= 4 is 55.1 Å². The van der Waals surface area contributed by atoms with E-state index in [1.54, 1.807) is 88.9 Å². The summed E-state index contributed by atoms with van der Waals surface area (Å²) in [6.07, 6.45) is 15.1. The van der Waals surface area contributed by atoms with Gasteiger partial charge < -0.3 is 18.9 Å². The number of nitrogens with one attached hydrogen (secondary N) is 2. The Morgan fingerprint density at radius 1 is 0.500 bits per heavy atom. The summed E-state index contributed by atoms with van der Waals surface area (Å²) in [5, 5.41) is 15.6. The van der Waals surface area contributed by atoms with E-state index < -0.39 is 42.4 Å². The van der Waals surface area contributed by atoms with Gasteiger partial charge in [-0.2, -0.15) is 0 Å². The second-order valence-corrected chi connectivity index (χ2v) is 20.3. The topological polar surface area (TPSA) is 294 Å². The van der Waals surface area contributed by atoms with E-state index in [2.05, 4.69) is 69.7 Å². The number of hydrogen-bond donors (Lipinski definition) is 2. The van der Waals surface area contributed by atoms with Crippen molar-refractivity contribution in [3.63, 3.8) is 0 Å². The first-order valence-electron chi connectivity index (χ1n) is 21.4. The van der Waals surface area contributed by atoms with Crippen LogP contribution in [0.2, 0.25) is 10.0 Å². The van der Waals surface area contributed by atoms with Crippen LogP contribution < -0.4 is 28.4 Å². The standard InChI is InChI=1S/2C22H23ClN8O4S/c2*1-13(19-26-11-16(23)12-27-19)14(2)36(32,33)30-22-29-28-20(15-6-5-8-24-10-15)31(22)18-17(34-3)7-9-25-21(18)35-4/h2*5-14H,1-4H3,(H,29,30)/t2*13-,14-/m00/s1. The van der Waals surface area contributed by atoms with E-state index in [0.29, 0.717) is 67.3 Å². The number of halogens is 2. The lowest BCUT2D eigenvalue weighted by molar-refractivity contribution is 0.379. The molecule has 72 heavy (non-hydrogen) atoms. The van der Waals surface area contributed by atoms with Gasteiger partial charge in [0.2, 0.25) is 43.7 Å². The molecule has 0 aliphatic heterocycles. The molecule has 8 aromatic rings. The zero-order valence-corrected chi connectivity index (χ0v) is 42.8. The van der Waals surface area contributed by atoms with Crippen LogP contribution in [0.3, 0.4) is 0 Å². The molecule has 0 spiro atoms. The summed E-state index contributed by atoms with van der Waals surface area (Å²) in [4.78, 5) is 33.4. The van der Waals surface area contributed by atoms with E-state index in [0.717, 1.165) is 0 Å². The van der Waals surface area contributed by atoms with E-state index in [1.165, 1.54) is 74.8 Å². The Morgan fingerprint density at radius 3 is 1.19 bits per heavy atom. The number of nitrogens with zero attached hydrogens (tertiary/aromatic N) is 14. The Kier molecular flexibility index (Phi) is 16.4. The molecule has 0 saturated heterocycles. The van der Waals surface area contributed by atoms with Crippen molar-refractivity contribution in [1.29, 1.82) is 0 Å². The van der Waals surface area contributed by atoms with Crippen LogP contribution in [0.5, 0.6) is 23.3 Å². The smallest absolute Gasteiger partial charge is 0.243 e. The lowest BCUT2D eigenvalue weighted by Crippen LogP contribution is -2.31. The number of hydrogen-bond acceptors (Lipinski definition) is 20. The molecule has 0 aliphatic rings. The monoisotopic (exact) mass is 1060 g/mol. The van der Waals surface area contributed by atoms with Gasteiger partial charge in [0.1, 0.15) is 23.1 Å². The Labute approximate surface area is 423 Å². The minimum atomic E-state index is -4.01. The molecule has 0 unspecified atom stereocenters. The average Bonchev–Trinajstić information content (AvgIpc) is 4.01. The van der Waals surface area contributed by atoms with Crippen LogP contribution in [0.4, 0.5) is 11.9 Å². The number of methoxy groups -OCH3 is 4. The largest absolute Gasteiger partial charge is 0.494 e. The highest BCUT2D eigenvalue weighted by atomic mass is 35.5. The maximum absolute atomic E-state index is 13.5. The second-order valence-electron chi connectivity index (χ2n) is 15.4. The molecule has 8 aromatic heterocycles. The SMILES string of the molecule is COc1ccnc(OC)c1-n1c(NS(=O)(=O)[C@@H](C)[C@H](C)c2ncc(Cl)cn2)nnc1-c1cccnc1.COc1ccnc(OC)c1-n1c(NS(=O)(=O)[C@@H](C)[C@H](C)c2ncc(Cl)cn2)nnc1-c1cccnc1. The summed E-state index contributed by atoms with van der Waals surface area (Å²) in [6.45, 7) is 6.54. The van der Waals surface area contributed by atoms with Gasteiger partial charge in [-0.05, 0) is 38.1 Å². The fraction of sp³-hybridized carbons (Fsp3) is 0.273. The number of sulfonamides is 2. The highest BCUT2D eigenvalue weighted by Crippen LogP contribution is 2.38. The summed E-state index contributed by atoms with van der Waals surface area (Å²) in [6, 6.07) is 10.2. The van der Waals surface area contributed by atoms with Crippen LogP contribution in [-0.2, 0) is 20.0 Å². The third-order valence-corrected chi connectivity index (χ3v) is 15.2. The normalized spacial score (nSPS) is 13.1. The highest BCUT2D eigenvalue weighted by molar-refractivity contribution is 7.93. The van der Waals surface area contributed by atoms with Crippen LogP contribution in [0.25, 0.3) is 34.2 Å². The molecular weight excluding hydrogens is 1020 g/mol. The minimum Gasteiger partial charge on any atom is -0.494 e. The minimum absolute atomic E-state index is 0.0884. The Morgan fingerprint density at radius 2 is 0.875 bits per heavy atom. The maximum Gasteiger partial charge on any atom is 0.243 e. The molecule has 24 nitrogen and oxygen atoms in total. The number of rotatable bonds is 18. The molecule has 28 heteroatoms. The molecule has 0 aromatic carbocycles. The Balaban J connectivity index is 0.000000211. The molecule has 0 amide bonds. The highest BCUT2D eigenvalue weighted by Gasteiger charge is 2.34. The molecule has 0 radical (unpaired) electrons. The van der Waals surface area contributed by atoms with Gasteiger partial charge in [-0.15, -0.1) is 20.4 Å². The van der Waals surface area contributed by atoms with Gasteiger partial charge >= 0.3 is 0 Å². The van der Waals surface area contributed by atoms with Crippen molar-refractivity contribution in [2.75, 3.05) is 37.9 Å². The second kappa shape index (κ2) is 22.6. The van der Waals surface area contributed by atoms with Crippen molar-refractivity contribution in [3.05, 3.63) is 120 Å². The summed E-state index contributed by atoms with van der Waals surface area (Å²) in [5.74, 6) is 1.06. The fourth-order valence-electron chi connectivity index (χ4n) is 6.88. The molecule has 0 saturated carbocycles. The molecule has 376 valence electrons. The number of pyridine rings is 4. The summed E-state index contributed by atoms with van der Waals surface area (Å²) < 4.78 is 83.8. The average molecular weight is 1060 g/mol. The predicted molar refractivity (Wildman–Crippen MR) is 266 cm³/mol. The van der Waals surface area contributed by atoms with Crippen LogP contribution in [0.1, 0.15) is 51.2 Å². The Bertz CT molecular complexity index is 3080. The molecule has 8 heterocycles. The van der Waals surface area contributed by atoms with Crippen molar-refractivity contribution in [1.82, 2.24) is 69.4 Å². The van der Waals surface area contributed by atoms with E-state index in [1.807, 2.05) is 0 Å². The van der Waals surface area contributed by atoms with Crippen LogP contribution >= 0.6 is 23.2 Å². The van der Waals surface area contributed by atoms with Gasteiger partial charge in [-0.1, -0.05) is 37.0 Å². The fourth-order valence-corrected chi connectivity index (χ4v) is 9.54. The van der Waals surface area contributed by atoms with Crippen molar-refractivity contribution in [2.24, 2.45) is 0 Å². The zero-order valence-electron chi connectivity index (χ0n) is 39.6. The van der Waals surface area contributed by atoms with Crippen LogP contribution in [0.15, 0.2) is 98.4 Å². The van der Waals surface area contributed by atoms with Gasteiger partial charge in [0.25, 0.3) is 0 Å². The number of aromatic nitrogens is 14. The lowest BCUT2D eigenvalue weighted by atomic mass is 10.1. The summed E-state index contributed by atoms with van der Waals surface area (Å²) >= 11 is 11.7. The van der Waals surface area contributed by atoms with Gasteiger partial charge in [0, 0.05) is 97.1 Å². The predicted octanol–water partition coefficient (Wildman–Crippen LogP) is 6.24. The molecule has 0 fully saturated rings. The summed E-state index contributed by atoms with van der Waals surface area (Å²) in [7, 11) is -2.18. The maximum atomic E-state index is 13.5. The van der Waals surface area contributed by atoms with Crippen molar-refractivity contribution < 1.29 is 35.8 Å². The van der Waals surface area contributed by atoms with Crippen molar-refractivity contribution in [2.45, 2.75) is 50.0 Å². The number of ether oxygens (including phenoxy) is 4. The van der Waals surface area contributed by atoms with E-state index in [4.69, 9.17) is 42.1 Å². The first-order chi connectivity index (χ1) is 34.5. The third-order valence-electron chi connectivity index (χ3n) is 11.1. The molecule has 0 aliphatic carbocycles. The molecule has 0 bridgehead atoms. The molecule has 4 atom stereocenters. The summed E-state index contributed by atoms with van der Waals surface area (Å²) in [5.41, 5.74) is 1.79. The van der Waals surface area contributed by atoms with Gasteiger partial charge in [-0.25, -0.2) is 46.7 Å². The van der Waals surface area contributed by atoms with Gasteiger partial charge in [0.05, 0.1) is 49.0 Å². The van der Waals surface area contributed by atoms with E-state index >= 15 is 0 Å². The quantitative estimate of drug-likeness (QED) is 0.0961.